The number of thiol groups is 1. The van der Waals surface area contributed by atoms with Gasteiger partial charge in [0.15, 0.2) is 0 Å². The highest BCUT2D eigenvalue weighted by molar-refractivity contribution is 7.80. The molecule has 2 nitrogen and oxygen atoms in total. The molecule has 1 atom stereocenters. The molecule has 0 aromatic carbocycles. The van der Waals surface area contributed by atoms with Gasteiger partial charge in [-0.2, -0.15) is 12.6 Å². The molecule has 0 bridgehead atoms. The largest absolute Gasteiger partial charge is 0.342 e. The Hall–Kier alpha value is -0.180. The number of hydrogen-bond donors (Lipinski definition) is 1. The molecule has 0 aromatic heterocycles. The zero-order chi connectivity index (χ0) is 10.9. The number of hydrogen-bond acceptors (Lipinski definition) is 2. The molecule has 1 heterocycles. The first-order chi connectivity index (χ1) is 7.15. The second-order valence-corrected chi connectivity index (χ2v) is 5.77. The van der Waals surface area contributed by atoms with Crippen molar-refractivity contribution in [3.63, 3.8) is 0 Å². The average molecular weight is 227 g/mol. The first-order valence-electron chi connectivity index (χ1n) is 6.04. The van der Waals surface area contributed by atoms with Gasteiger partial charge in [0.05, 0.1) is 0 Å². The molecule has 2 rings (SSSR count). The van der Waals surface area contributed by atoms with Crippen LogP contribution in [0.3, 0.4) is 0 Å². The first-order valence-corrected chi connectivity index (χ1v) is 6.67. The standard InChI is InChI=1S/C12H21NOS/c1-10-6-11(14)13(7-10)8-12(9-15)4-2-3-5-12/h10,15H,2-9H2,1H3. The molecule has 0 spiro atoms. The van der Waals surface area contributed by atoms with Crippen LogP contribution in [0.25, 0.3) is 0 Å². The Morgan fingerprint density at radius 1 is 1.47 bits per heavy atom. The lowest BCUT2D eigenvalue weighted by molar-refractivity contribution is -0.128. The minimum Gasteiger partial charge on any atom is -0.342 e. The lowest BCUT2D eigenvalue weighted by Gasteiger charge is -2.32. The van der Waals surface area contributed by atoms with Gasteiger partial charge in [-0.3, -0.25) is 4.79 Å². The number of nitrogens with zero attached hydrogens (tertiary/aromatic N) is 1. The highest BCUT2D eigenvalue weighted by Gasteiger charge is 2.38. The van der Waals surface area contributed by atoms with Gasteiger partial charge in [-0.05, 0) is 29.9 Å². The summed E-state index contributed by atoms with van der Waals surface area (Å²) in [4.78, 5) is 13.8. The normalized spacial score (nSPS) is 30.1. The molecule has 2 fully saturated rings. The predicted octanol–water partition coefficient (Wildman–Crippen LogP) is 2.35. The Kier molecular flexibility index (Phi) is 3.29. The molecular weight excluding hydrogens is 206 g/mol. The van der Waals surface area contributed by atoms with Crippen LogP contribution in [-0.4, -0.2) is 29.6 Å². The van der Waals surface area contributed by atoms with E-state index in [2.05, 4.69) is 24.5 Å². The van der Waals surface area contributed by atoms with E-state index in [1.54, 1.807) is 0 Å². The summed E-state index contributed by atoms with van der Waals surface area (Å²) in [6.07, 6.45) is 5.91. The van der Waals surface area contributed by atoms with Crippen LogP contribution >= 0.6 is 12.6 Å². The smallest absolute Gasteiger partial charge is 0.222 e. The number of likely N-dealkylation sites (tertiary alicyclic amines) is 1. The summed E-state index contributed by atoms with van der Waals surface area (Å²) in [6.45, 7) is 4.09. The summed E-state index contributed by atoms with van der Waals surface area (Å²) in [7, 11) is 0. The molecule has 3 heteroatoms. The van der Waals surface area contributed by atoms with Crippen molar-refractivity contribution in [1.82, 2.24) is 4.90 Å². The van der Waals surface area contributed by atoms with Crippen molar-refractivity contribution in [1.29, 1.82) is 0 Å². The van der Waals surface area contributed by atoms with E-state index in [1.165, 1.54) is 25.7 Å². The third kappa shape index (κ3) is 2.32. The molecule has 0 radical (unpaired) electrons. The van der Waals surface area contributed by atoms with Crippen LogP contribution in [0.5, 0.6) is 0 Å². The van der Waals surface area contributed by atoms with Gasteiger partial charge in [0.25, 0.3) is 0 Å². The molecular formula is C12H21NOS. The lowest BCUT2D eigenvalue weighted by atomic mass is 9.88. The Balaban J connectivity index is 1.98. The summed E-state index contributed by atoms with van der Waals surface area (Å²) in [5.74, 6) is 1.84. The zero-order valence-electron chi connectivity index (χ0n) is 9.54. The Bertz CT molecular complexity index is 248. The predicted molar refractivity (Wildman–Crippen MR) is 65.1 cm³/mol. The van der Waals surface area contributed by atoms with Gasteiger partial charge in [0.1, 0.15) is 0 Å². The minimum atomic E-state index is 0.336. The van der Waals surface area contributed by atoms with Crippen LogP contribution in [0, 0.1) is 11.3 Å². The van der Waals surface area contributed by atoms with E-state index >= 15 is 0 Å². The van der Waals surface area contributed by atoms with E-state index in [4.69, 9.17) is 0 Å². The molecule has 0 N–H and O–H groups in total. The molecule has 15 heavy (non-hydrogen) atoms. The van der Waals surface area contributed by atoms with Crippen molar-refractivity contribution in [3.05, 3.63) is 0 Å². The summed E-state index contributed by atoms with van der Waals surface area (Å²) in [5.41, 5.74) is 0.336. The van der Waals surface area contributed by atoms with Crippen molar-refractivity contribution in [2.45, 2.75) is 39.0 Å². The highest BCUT2D eigenvalue weighted by Crippen LogP contribution is 2.40. The zero-order valence-corrected chi connectivity index (χ0v) is 10.4. The molecule has 1 unspecified atom stereocenters. The van der Waals surface area contributed by atoms with E-state index in [-0.39, 0.29) is 0 Å². The Labute approximate surface area is 97.8 Å². The maximum absolute atomic E-state index is 11.7. The van der Waals surface area contributed by atoms with E-state index in [9.17, 15) is 4.79 Å². The van der Waals surface area contributed by atoms with Crippen LogP contribution in [0.15, 0.2) is 0 Å². The maximum atomic E-state index is 11.7. The molecule has 1 amide bonds. The number of carbonyl (C=O) groups is 1. The summed E-state index contributed by atoms with van der Waals surface area (Å²) >= 11 is 4.49. The van der Waals surface area contributed by atoms with Gasteiger partial charge in [0, 0.05) is 19.5 Å². The summed E-state index contributed by atoms with van der Waals surface area (Å²) < 4.78 is 0. The number of rotatable bonds is 3. The second-order valence-electron chi connectivity index (χ2n) is 5.45. The quantitative estimate of drug-likeness (QED) is 0.734. The van der Waals surface area contributed by atoms with Gasteiger partial charge in [-0.25, -0.2) is 0 Å². The molecule has 2 aliphatic rings. The Morgan fingerprint density at radius 3 is 2.60 bits per heavy atom. The molecule has 0 aromatic rings. The molecule has 1 saturated carbocycles. The monoisotopic (exact) mass is 227 g/mol. The van der Waals surface area contributed by atoms with Gasteiger partial charge < -0.3 is 4.90 Å². The van der Waals surface area contributed by atoms with E-state index < -0.39 is 0 Å². The van der Waals surface area contributed by atoms with E-state index in [1.807, 2.05) is 0 Å². The molecule has 1 aliphatic carbocycles. The minimum absolute atomic E-state index is 0.336. The fourth-order valence-corrected chi connectivity index (χ4v) is 3.43. The van der Waals surface area contributed by atoms with E-state index in [0.717, 1.165) is 25.3 Å². The van der Waals surface area contributed by atoms with Crippen LogP contribution in [0.2, 0.25) is 0 Å². The van der Waals surface area contributed by atoms with Crippen molar-refractivity contribution in [3.8, 4) is 0 Å². The third-order valence-corrected chi connectivity index (χ3v) is 4.60. The average Bonchev–Trinajstić information content (AvgIpc) is 2.76. The summed E-state index contributed by atoms with van der Waals surface area (Å²) in [6, 6.07) is 0. The van der Waals surface area contributed by atoms with Crippen molar-refractivity contribution < 1.29 is 4.79 Å². The van der Waals surface area contributed by atoms with Gasteiger partial charge in [0.2, 0.25) is 5.91 Å². The fraction of sp³-hybridized carbons (Fsp3) is 0.917. The van der Waals surface area contributed by atoms with Gasteiger partial charge in [-0.1, -0.05) is 19.8 Å². The van der Waals surface area contributed by atoms with Crippen LogP contribution < -0.4 is 0 Å². The van der Waals surface area contributed by atoms with Gasteiger partial charge >= 0.3 is 0 Å². The van der Waals surface area contributed by atoms with Crippen LogP contribution in [0.1, 0.15) is 39.0 Å². The Morgan fingerprint density at radius 2 is 2.13 bits per heavy atom. The molecule has 1 saturated heterocycles. The van der Waals surface area contributed by atoms with E-state index in [0.29, 0.717) is 17.2 Å². The lowest BCUT2D eigenvalue weighted by Crippen LogP contribution is -2.38. The van der Waals surface area contributed by atoms with Crippen molar-refractivity contribution in [2.24, 2.45) is 11.3 Å². The van der Waals surface area contributed by atoms with Crippen LogP contribution in [-0.2, 0) is 4.79 Å². The van der Waals surface area contributed by atoms with Crippen molar-refractivity contribution in [2.75, 3.05) is 18.8 Å². The number of carbonyl (C=O) groups excluding carboxylic acids is 1. The molecule has 86 valence electrons. The van der Waals surface area contributed by atoms with Crippen molar-refractivity contribution >= 4 is 18.5 Å². The van der Waals surface area contributed by atoms with Gasteiger partial charge in [-0.15, -0.1) is 0 Å². The first kappa shape index (κ1) is 11.3. The number of amides is 1. The third-order valence-electron chi connectivity index (χ3n) is 3.93. The summed E-state index contributed by atoms with van der Waals surface area (Å²) in [5, 5.41) is 0. The fourth-order valence-electron chi connectivity index (χ4n) is 3.02. The SMILES string of the molecule is CC1CC(=O)N(CC2(CS)CCCC2)C1. The topological polar surface area (TPSA) is 20.3 Å². The highest BCUT2D eigenvalue weighted by atomic mass is 32.1. The second kappa shape index (κ2) is 4.36. The molecule has 1 aliphatic heterocycles. The maximum Gasteiger partial charge on any atom is 0.222 e. The van der Waals surface area contributed by atoms with Crippen LogP contribution in [0.4, 0.5) is 0 Å².